The van der Waals surface area contributed by atoms with Gasteiger partial charge in [0.15, 0.2) is 0 Å². The van der Waals surface area contributed by atoms with E-state index in [1.54, 1.807) is 12.1 Å². The van der Waals surface area contributed by atoms with Crippen LogP contribution in [0, 0.1) is 6.92 Å². The summed E-state index contributed by atoms with van der Waals surface area (Å²) in [5.41, 5.74) is 0.974. The van der Waals surface area contributed by atoms with Gasteiger partial charge in [0.05, 0.1) is 24.7 Å². The molecule has 1 rings (SSSR count). The van der Waals surface area contributed by atoms with Crippen LogP contribution in [-0.4, -0.2) is 40.8 Å². The summed E-state index contributed by atoms with van der Waals surface area (Å²) in [6, 6.07) is 6.43. The number of esters is 1. The normalized spacial score (nSPS) is 11.4. The molecule has 0 radical (unpaired) electrons. The predicted molar refractivity (Wildman–Crippen MR) is 94.9 cm³/mol. The second kappa shape index (κ2) is 12.0. The molecule has 0 amide bonds. The van der Waals surface area contributed by atoms with Gasteiger partial charge in [-0.05, 0) is 25.5 Å². The second-order valence-electron chi connectivity index (χ2n) is 5.73. The Morgan fingerprint density at radius 2 is 1.64 bits per heavy atom. The van der Waals surface area contributed by atoms with Crippen molar-refractivity contribution in [1.29, 1.82) is 0 Å². The minimum absolute atomic E-state index is 0.0822. The van der Waals surface area contributed by atoms with E-state index in [0.717, 1.165) is 31.2 Å². The molecule has 0 aliphatic carbocycles. The van der Waals surface area contributed by atoms with Crippen LogP contribution in [0.5, 0.6) is 0 Å². The molecule has 142 valence electrons. The molecule has 7 heteroatoms. The summed E-state index contributed by atoms with van der Waals surface area (Å²) < 4.78 is 39.0. The fraction of sp³-hybridized carbons (Fsp3) is 0.611. The Bertz CT molecular complexity index is 594. The molecular weight excluding hydrogens is 344 g/mol. The van der Waals surface area contributed by atoms with Crippen molar-refractivity contribution in [3.8, 4) is 0 Å². The average Bonchev–Trinajstić information content (AvgIpc) is 2.58. The first-order valence-electron chi connectivity index (χ1n) is 8.65. The van der Waals surface area contributed by atoms with Crippen molar-refractivity contribution < 1.29 is 26.9 Å². The number of rotatable bonds is 13. The number of carbonyl (C=O) groups is 1. The van der Waals surface area contributed by atoms with Crippen LogP contribution >= 0.6 is 0 Å². The smallest absolute Gasteiger partial charge is 0.305 e. The van der Waals surface area contributed by atoms with Gasteiger partial charge >= 0.3 is 5.97 Å². The number of ether oxygens (including phenoxy) is 2. The van der Waals surface area contributed by atoms with Gasteiger partial charge in [-0.25, -0.2) is 0 Å². The van der Waals surface area contributed by atoms with Crippen molar-refractivity contribution in [3.63, 3.8) is 0 Å². The van der Waals surface area contributed by atoms with Crippen molar-refractivity contribution in [2.24, 2.45) is 0 Å². The SMILES string of the molecule is CCCCCCC(=O)OCCOCCOS(=O)(=O)c1ccc(C)cc1. The summed E-state index contributed by atoms with van der Waals surface area (Å²) in [5, 5.41) is 0. The van der Waals surface area contributed by atoms with Crippen LogP contribution in [0.1, 0.15) is 44.6 Å². The number of unbranched alkanes of at least 4 members (excludes halogenated alkanes) is 3. The third-order valence-electron chi connectivity index (χ3n) is 3.50. The first-order chi connectivity index (χ1) is 12.0. The third kappa shape index (κ3) is 9.57. The first kappa shape index (κ1) is 21.6. The van der Waals surface area contributed by atoms with Gasteiger partial charge in [0, 0.05) is 6.42 Å². The molecule has 1 aromatic rings. The zero-order chi connectivity index (χ0) is 18.5. The third-order valence-corrected chi connectivity index (χ3v) is 4.83. The zero-order valence-electron chi connectivity index (χ0n) is 15.0. The van der Waals surface area contributed by atoms with Gasteiger partial charge in [-0.2, -0.15) is 8.42 Å². The monoisotopic (exact) mass is 372 g/mol. The van der Waals surface area contributed by atoms with Crippen LogP contribution in [0.4, 0.5) is 0 Å². The standard InChI is InChI=1S/C18H28O6S/c1-3-4-5-6-7-18(19)23-14-12-22-13-15-24-25(20,21)17-10-8-16(2)9-11-17/h8-11H,3-7,12-15H2,1-2H3. The fourth-order valence-electron chi connectivity index (χ4n) is 2.06. The Kier molecular flexibility index (Phi) is 10.4. The molecule has 6 nitrogen and oxygen atoms in total. The summed E-state index contributed by atoms with van der Waals surface area (Å²) in [4.78, 5) is 11.5. The van der Waals surface area contributed by atoms with E-state index >= 15 is 0 Å². The Morgan fingerprint density at radius 3 is 2.32 bits per heavy atom. The molecule has 0 bridgehead atoms. The highest BCUT2D eigenvalue weighted by molar-refractivity contribution is 7.86. The lowest BCUT2D eigenvalue weighted by Crippen LogP contribution is -2.15. The van der Waals surface area contributed by atoms with E-state index in [9.17, 15) is 13.2 Å². The van der Waals surface area contributed by atoms with Crippen LogP contribution in [0.25, 0.3) is 0 Å². The van der Waals surface area contributed by atoms with Gasteiger partial charge in [-0.3, -0.25) is 8.98 Å². The Balaban J connectivity index is 2.08. The van der Waals surface area contributed by atoms with E-state index in [4.69, 9.17) is 13.7 Å². The van der Waals surface area contributed by atoms with Gasteiger partial charge < -0.3 is 9.47 Å². The van der Waals surface area contributed by atoms with Crippen molar-refractivity contribution in [1.82, 2.24) is 0 Å². The molecule has 0 aromatic heterocycles. The number of aryl methyl sites for hydroxylation is 1. The molecule has 0 aliphatic rings. The molecule has 0 N–H and O–H groups in total. The molecule has 0 saturated carbocycles. The lowest BCUT2D eigenvalue weighted by atomic mass is 10.2. The van der Waals surface area contributed by atoms with Gasteiger partial charge in [0.1, 0.15) is 6.61 Å². The summed E-state index contributed by atoms with van der Waals surface area (Å²) in [7, 11) is -3.76. The molecule has 0 saturated heterocycles. The van der Waals surface area contributed by atoms with Crippen LogP contribution < -0.4 is 0 Å². The maximum absolute atomic E-state index is 11.9. The molecule has 0 unspecified atom stereocenters. The average molecular weight is 372 g/mol. The largest absolute Gasteiger partial charge is 0.463 e. The summed E-state index contributed by atoms with van der Waals surface area (Å²) in [5.74, 6) is -0.224. The summed E-state index contributed by atoms with van der Waals surface area (Å²) in [6.07, 6.45) is 4.57. The molecule has 0 atom stereocenters. The van der Waals surface area contributed by atoms with Gasteiger partial charge in [0.25, 0.3) is 10.1 Å². The highest BCUT2D eigenvalue weighted by Crippen LogP contribution is 2.12. The fourth-order valence-corrected chi connectivity index (χ4v) is 2.95. The van der Waals surface area contributed by atoms with E-state index < -0.39 is 10.1 Å². The first-order valence-corrected chi connectivity index (χ1v) is 10.1. The number of hydrogen-bond donors (Lipinski definition) is 0. The summed E-state index contributed by atoms with van der Waals surface area (Å²) in [6.45, 7) is 4.40. The van der Waals surface area contributed by atoms with E-state index in [2.05, 4.69) is 6.92 Å². The Labute approximate surface area is 150 Å². The molecule has 25 heavy (non-hydrogen) atoms. The minimum Gasteiger partial charge on any atom is -0.463 e. The van der Waals surface area contributed by atoms with Crippen LogP contribution in [-0.2, 0) is 28.6 Å². The van der Waals surface area contributed by atoms with Crippen molar-refractivity contribution in [2.45, 2.75) is 50.8 Å². The van der Waals surface area contributed by atoms with E-state index in [0.29, 0.717) is 6.42 Å². The van der Waals surface area contributed by atoms with Crippen LogP contribution in [0.15, 0.2) is 29.2 Å². The van der Waals surface area contributed by atoms with E-state index in [-0.39, 0.29) is 37.3 Å². The molecule has 1 aromatic carbocycles. The van der Waals surface area contributed by atoms with E-state index in [1.165, 1.54) is 12.1 Å². The number of hydrogen-bond acceptors (Lipinski definition) is 6. The zero-order valence-corrected chi connectivity index (χ0v) is 15.8. The quantitative estimate of drug-likeness (QED) is 0.300. The van der Waals surface area contributed by atoms with Gasteiger partial charge in [0.2, 0.25) is 0 Å². The molecule has 0 fully saturated rings. The number of benzene rings is 1. The van der Waals surface area contributed by atoms with E-state index in [1.807, 2.05) is 6.92 Å². The van der Waals surface area contributed by atoms with Gasteiger partial charge in [-0.15, -0.1) is 0 Å². The predicted octanol–water partition coefficient (Wildman–Crippen LogP) is 3.23. The van der Waals surface area contributed by atoms with Crippen molar-refractivity contribution in [2.75, 3.05) is 26.4 Å². The Hall–Kier alpha value is -1.44. The topological polar surface area (TPSA) is 78.9 Å². The maximum atomic E-state index is 11.9. The second-order valence-corrected chi connectivity index (χ2v) is 7.35. The lowest BCUT2D eigenvalue weighted by Gasteiger charge is -2.08. The molecule has 0 spiro atoms. The van der Waals surface area contributed by atoms with Crippen molar-refractivity contribution >= 4 is 16.1 Å². The van der Waals surface area contributed by atoms with Crippen LogP contribution in [0.3, 0.4) is 0 Å². The maximum Gasteiger partial charge on any atom is 0.305 e. The molecular formula is C18H28O6S. The Morgan fingerprint density at radius 1 is 0.960 bits per heavy atom. The lowest BCUT2D eigenvalue weighted by molar-refractivity contribution is -0.145. The highest BCUT2D eigenvalue weighted by atomic mass is 32.2. The summed E-state index contributed by atoms with van der Waals surface area (Å²) >= 11 is 0. The minimum atomic E-state index is -3.76. The van der Waals surface area contributed by atoms with Crippen molar-refractivity contribution in [3.05, 3.63) is 29.8 Å². The highest BCUT2D eigenvalue weighted by Gasteiger charge is 2.14. The molecule has 0 aliphatic heterocycles. The van der Waals surface area contributed by atoms with Crippen LogP contribution in [0.2, 0.25) is 0 Å². The number of carbonyl (C=O) groups excluding carboxylic acids is 1. The molecule has 0 heterocycles. The van der Waals surface area contributed by atoms with Gasteiger partial charge in [-0.1, -0.05) is 43.9 Å².